The molecule has 38 heavy (non-hydrogen) atoms. The third-order valence-corrected chi connectivity index (χ3v) is 6.78. The summed E-state index contributed by atoms with van der Waals surface area (Å²) in [4.78, 5) is 0. The van der Waals surface area contributed by atoms with E-state index in [4.69, 9.17) is 14.2 Å². The molecule has 0 bridgehead atoms. The van der Waals surface area contributed by atoms with Crippen LogP contribution >= 0.6 is 24.8 Å². The quantitative estimate of drug-likeness (QED) is 0.155. The van der Waals surface area contributed by atoms with Gasteiger partial charge in [-0.2, -0.15) is 0 Å². The second kappa shape index (κ2) is 23.2. The Hall–Kier alpha value is -1.66. The second-order valence-electron chi connectivity index (χ2n) is 9.52. The average Bonchev–Trinajstić information content (AvgIpc) is 2.92. The zero-order valence-electron chi connectivity index (χ0n) is 24.1. The molecular weight excluding hydrogens is 519 g/mol. The average molecular weight is 572 g/mol. The van der Waals surface area contributed by atoms with E-state index in [-0.39, 0.29) is 24.8 Å². The summed E-state index contributed by atoms with van der Waals surface area (Å²) in [5, 5.41) is 7.22. The van der Waals surface area contributed by atoms with Gasteiger partial charge in [-0.05, 0) is 94.0 Å². The molecule has 218 valence electrons. The molecule has 2 rings (SSSR count). The summed E-state index contributed by atoms with van der Waals surface area (Å²) < 4.78 is 16.8. The van der Waals surface area contributed by atoms with Gasteiger partial charge in [-0.3, -0.25) is 0 Å². The lowest BCUT2D eigenvalue weighted by Crippen LogP contribution is -2.19. The minimum atomic E-state index is 0. The Morgan fingerprint density at radius 2 is 1.29 bits per heavy atom. The maximum atomic E-state index is 5.79. The van der Waals surface area contributed by atoms with Gasteiger partial charge in [0.05, 0.1) is 21.3 Å². The van der Waals surface area contributed by atoms with Crippen molar-refractivity contribution in [2.75, 3.05) is 47.5 Å². The number of methoxy groups -OCH3 is 3. The molecule has 0 radical (unpaired) electrons. The highest BCUT2D eigenvalue weighted by Crippen LogP contribution is 2.34. The zero-order chi connectivity index (χ0) is 25.8. The van der Waals surface area contributed by atoms with E-state index in [9.17, 15) is 0 Å². The van der Waals surface area contributed by atoms with Crippen molar-refractivity contribution in [3.63, 3.8) is 0 Å². The van der Waals surface area contributed by atoms with Crippen LogP contribution in [0.1, 0.15) is 75.0 Å². The number of hydrogen-bond acceptors (Lipinski definition) is 5. The predicted octanol–water partition coefficient (Wildman–Crippen LogP) is 7.20. The Morgan fingerprint density at radius 3 is 1.89 bits per heavy atom. The molecule has 2 aromatic carbocycles. The van der Waals surface area contributed by atoms with Crippen molar-refractivity contribution < 1.29 is 14.2 Å². The first-order valence-corrected chi connectivity index (χ1v) is 14.0. The molecule has 0 aliphatic carbocycles. The molecule has 5 nitrogen and oxygen atoms in total. The van der Waals surface area contributed by atoms with Crippen LogP contribution in [0.4, 0.5) is 0 Å². The minimum absolute atomic E-state index is 0. The van der Waals surface area contributed by atoms with E-state index in [0.717, 1.165) is 56.1 Å². The summed E-state index contributed by atoms with van der Waals surface area (Å²) in [6, 6.07) is 12.5. The molecule has 0 atom stereocenters. The highest BCUT2D eigenvalue weighted by Gasteiger charge is 2.15. The maximum absolute atomic E-state index is 5.79. The molecule has 0 saturated heterocycles. The Balaban J connectivity index is 0.00000684. The number of aryl methyl sites for hydroxylation is 1. The van der Waals surface area contributed by atoms with E-state index in [1.807, 2.05) is 18.2 Å². The molecule has 0 aliphatic rings. The first kappa shape index (κ1) is 36.3. The fourth-order valence-corrected chi connectivity index (χ4v) is 4.64. The third-order valence-electron chi connectivity index (χ3n) is 6.78. The Bertz CT molecular complexity index is 852. The molecule has 0 heterocycles. The number of hydrogen-bond donors (Lipinski definition) is 2. The summed E-state index contributed by atoms with van der Waals surface area (Å²) >= 11 is 0. The van der Waals surface area contributed by atoms with Crippen LogP contribution in [-0.4, -0.2) is 47.5 Å². The van der Waals surface area contributed by atoms with Gasteiger partial charge < -0.3 is 24.8 Å². The van der Waals surface area contributed by atoms with Crippen LogP contribution in [-0.2, 0) is 19.3 Å². The third kappa shape index (κ3) is 13.9. The molecule has 0 aromatic heterocycles. The molecule has 0 spiro atoms. The molecule has 0 amide bonds. The topological polar surface area (TPSA) is 51.8 Å². The van der Waals surface area contributed by atoms with E-state index >= 15 is 0 Å². The van der Waals surface area contributed by atoms with E-state index in [1.54, 1.807) is 21.3 Å². The summed E-state index contributed by atoms with van der Waals surface area (Å²) in [6.07, 6.45) is 13.3. The number of nitrogens with one attached hydrogen (secondary N) is 2. The van der Waals surface area contributed by atoms with Crippen LogP contribution in [0, 0.1) is 0 Å². The molecule has 0 fully saturated rings. The summed E-state index contributed by atoms with van der Waals surface area (Å²) in [5.74, 6) is 2.55. The van der Waals surface area contributed by atoms with Crippen LogP contribution < -0.4 is 24.8 Å². The second-order valence-corrected chi connectivity index (χ2v) is 9.52. The van der Waals surface area contributed by atoms with Gasteiger partial charge in [-0.15, -0.1) is 24.8 Å². The van der Waals surface area contributed by atoms with Gasteiger partial charge in [-0.1, -0.05) is 57.2 Å². The SMILES string of the molecule is CCCCCCNCCCCCCNCCc1ccc(OC)c(OC)c1CCc1cccc(OC)c1.Cl.Cl. The number of rotatable bonds is 21. The minimum Gasteiger partial charge on any atom is -0.497 e. The summed E-state index contributed by atoms with van der Waals surface area (Å²) in [6.45, 7) is 6.66. The van der Waals surface area contributed by atoms with Gasteiger partial charge >= 0.3 is 0 Å². The van der Waals surface area contributed by atoms with Crippen LogP contribution in [0.25, 0.3) is 0 Å². The first-order chi connectivity index (χ1) is 17.7. The van der Waals surface area contributed by atoms with Crippen LogP contribution in [0.2, 0.25) is 0 Å². The fraction of sp³-hybridized carbons (Fsp3) is 0.613. The first-order valence-electron chi connectivity index (χ1n) is 14.0. The van der Waals surface area contributed by atoms with Gasteiger partial charge in [-0.25, -0.2) is 0 Å². The monoisotopic (exact) mass is 570 g/mol. The molecule has 7 heteroatoms. The highest BCUT2D eigenvalue weighted by molar-refractivity contribution is 5.85. The van der Waals surface area contributed by atoms with Gasteiger partial charge in [0.1, 0.15) is 5.75 Å². The van der Waals surface area contributed by atoms with Crippen LogP contribution in [0.15, 0.2) is 36.4 Å². The van der Waals surface area contributed by atoms with Gasteiger partial charge in [0.25, 0.3) is 0 Å². The Morgan fingerprint density at radius 1 is 0.632 bits per heavy atom. The molecule has 0 aliphatic heterocycles. The Kier molecular flexibility index (Phi) is 22.2. The zero-order valence-corrected chi connectivity index (χ0v) is 25.7. The Labute approximate surface area is 244 Å². The number of unbranched alkanes of at least 4 members (excludes halogenated alkanes) is 6. The van der Waals surface area contributed by atoms with Crippen molar-refractivity contribution in [1.82, 2.24) is 10.6 Å². The highest BCUT2D eigenvalue weighted by atomic mass is 35.5. The largest absolute Gasteiger partial charge is 0.497 e. The molecule has 2 aromatic rings. The lowest BCUT2D eigenvalue weighted by atomic mass is 9.96. The lowest BCUT2D eigenvalue weighted by Gasteiger charge is -2.17. The summed E-state index contributed by atoms with van der Waals surface area (Å²) in [7, 11) is 5.15. The van der Waals surface area contributed by atoms with Crippen LogP contribution in [0.5, 0.6) is 17.2 Å². The van der Waals surface area contributed by atoms with Crippen LogP contribution in [0.3, 0.4) is 0 Å². The molecule has 0 saturated carbocycles. The van der Waals surface area contributed by atoms with E-state index in [1.165, 1.54) is 74.6 Å². The van der Waals surface area contributed by atoms with Gasteiger partial charge in [0.2, 0.25) is 0 Å². The molecule has 0 unspecified atom stereocenters. The summed E-state index contributed by atoms with van der Waals surface area (Å²) in [5.41, 5.74) is 3.83. The molecule has 2 N–H and O–H groups in total. The van der Waals surface area contributed by atoms with Crippen molar-refractivity contribution >= 4 is 24.8 Å². The predicted molar refractivity (Wildman–Crippen MR) is 166 cm³/mol. The van der Waals surface area contributed by atoms with Crippen molar-refractivity contribution in [1.29, 1.82) is 0 Å². The number of halogens is 2. The van der Waals surface area contributed by atoms with Gasteiger partial charge in [0.15, 0.2) is 11.5 Å². The standard InChI is InChI=1S/C31H50N2O3.2ClH/c1-5-6-7-10-21-32-22-11-8-9-12-23-33-24-20-27-17-19-30(35-3)31(36-4)29(27)18-16-26-14-13-15-28(25-26)34-2;;/h13-15,17,19,25,32-33H,5-12,16,18,20-24H2,1-4H3;2*1H. The van der Waals surface area contributed by atoms with Gasteiger partial charge in [0, 0.05) is 5.56 Å². The van der Waals surface area contributed by atoms with Crippen molar-refractivity contribution in [3.8, 4) is 17.2 Å². The fourth-order valence-electron chi connectivity index (χ4n) is 4.64. The molecular formula is C31H52Cl2N2O3. The van der Waals surface area contributed by atoms with Crippen molar-refractivity contribution in [3.05, 3.63) is 53.1 Å². The van der Waals surface area contributed by atoms with Crippen molar-refractivity contribution in [2.24, 2.45) is 0 Å². The van der Waals surface area contributed by atoms with Crippen molar-refractivity contribution in [2.45, 2.75) is 77.6 Å². The smallest absolute Gasteiger partial charge is 0.164 e. The number of ether oxygens (including phenoxy) is 3. The van der Waals surface area contributed by atoms with E-state index < -0.39 is 0 Å². The normalized spacial score (nSPS) is 10.4. The lowest BCUT2D eigenvalue weighted by molar-refractivity contribution is 0.351. The van der Waals surface area contributed by atoms with E-state index in [2.05, 4.69) is 35.8 Å². The maximum Gasteiger partial charge on any atom is 0.164 e. The number of benzene rings is 2. The van der Waals surface area contributed by atoms with E-state index in [0.29, 0.717) is 0 Å².